The van der Waals surface area contributed by atoms with Gasteiger partial charge in [-0.2, -0.15) is 0 Å². The molecule has 0 saturated heterocycles. The molecule has 22 aromatic rings. The van der Waals surface area contributed by atoms with Crippen LogP contribution in [-0.2, 0) is 0 Å². The van der Waals surface area contributed by atoms with Crippen molar-refractivity contribution >= 4 is 97.7 Å². The van der Waals surface area contributed by atoms with E-state index in [2.05, 4.69) is 457 Å². The van der Waals surface area contributed by atoms with Gasteiger partial charge < -0.3 is 13.7 Å². The monoisotopic (exact) mass is 1410 g/mol. The van der Waals surface area contributed by atoms with Crippen LogP contribution in [0.3, 0.4) is 0 Å². The third-order valence-electron chi connectivity index (χ3n) is 22.2. The van der Waals surface area contributed by atoms with Crippen molar-refractivity contribution in [3.05, 3.63) is 443 Å². The van der Waals surface area contributed by atoms with Crippen LogP contribution in [0.25, 0.3) is 193 Å². The van der Waals surface area contributed by atoms with Gasteiger partial charge in [0.2, 0.25) is 0 Å². The van der Waals surface area contributed by atoms with E-state index < -0.39 is 0 Å². The summed E-state index contributed by atoms with van der Waals surface area (Å²) in [6, 6.07) is 160. The average molecular weight is 1410 g/mol. The molecule has 0 aliphatic rings. The van der Waals surface area contributed by atoms with Crippen LogP contribution in [0.4, 0.5) is 0 Å². The Morgan fingerprint density at radius 2 is 0.288 bits per heavy atom. The summed E-state index contributed by atoms with van der Waals surface area (Å²) in [4.78, 5) is 0. The van der Waals surface area contributed by atoms with Crippen molar-refractivity contribution < 1.29 is 0 Å². The van der Waals surface area contributed by atoms with Gasteiger partial charge in [0, 0.05) is 49.4 Å². The number of benzene rings is 19. The molecule has 0 fully saturated rings. The van der Waals surface area contributed by atoms with Crippen molar-refractivity contribution in [2.45, 2.75) is 0 Å². The van der Waals surface area contributed by atoms with Gasteiger partial charge in [-0.05, 0) is 207 Å². The van der Waals surface area contributed by atoms with E-state index in [1.54, 1.807) is 0 Å². The number of para-hydroxylation sites is 5. The van der Waals surface area contributed by atoms with Crippen LogP contribution in [0.1, 0.15) is 0 Å². The Morgan fingerprint density at radius 3 is 0.604 bits per heavy atom. The Balaban J connectivity index is 0.000000110. The van der Waals surface area contributed by atoms with Gasteiger partial charge >= 0.3 is 0 Å². The van der Waals surface area contributed by atoms with Crippen molar-refractivity contribution in [1.82, 2.24) is 13.7 Å². The smallest absolute Gasteiger partial charge is 0.0547 e. The van der Waals surface area contributed by atoms with E-state index in [1.807, 2.05) is 0 Å². The Kier molecular flexibility index (Phi) is 17.0. The molecular weight excluding hydrogens is 1340 g/mol. The zero-order valence-electron chi connectivity index (χ0n) is 61.0. The molecule has 520 valence electrons. The molecule has 0 N–H and O–H groups in total. The molecule has 0 aliphatic heterocycles. The Labute approximate surface area is 645 Å². The lowest BCUT2D eigenvalue weighted by Gasteiger charge is -2.13. The molecule has 22 rings (SSSR count). The molecule has 0 bridgehead atoms. The third kappa shape index (κ3) is 12.3. The second-order valence-corrected chi connectivity index (χ2v) is 28.7. The van der Waals surface area contributed by atoms with E-state index in [9.17, 15) is 0 Å². The molecule has 0 radical (unpaired) electrons. The number of hydrogen-bond donors (Lipinski definition) is 0. The van der Waals surface area contributed by atoms with E-state index in [4.69, 9.17) is 0 Å². The van der Waals surface area contributed by atoms with E-state index in [0.29, 0.717) is 0 Å². The van der Waals surface area contributed by atoms with Crippen LogP contribution in [0.15, 0.2) is 443 Å². The molecule has 0 spiro atoms. The molecule has 0 saturated carbocycles. The molecule has 0 atom stereocenters. The van der Waals surface area contributed by atoms with Gasteiger partial charge in [0.05, 0.1) is 33.1 Å². The lowest BCUT2D eigenvalue weighted by Crippen LogP contribution is -1.94. The minimum atomic E-state index is 1.16. The van der Waals surface area contributed by atoms with E-state index in [0.717, 1.165) is 5.69 Å². The molecule has 0 unspecified atom stereocenters. The molecule has 3 heterocycles. The van der Waals surface area contributed by atoms with E-state index >= 15 is 0 Å². The van der Waals surface area contributed by atoms with Gasteiger partial charge in [-0.25, -0.2) is 0 Å². The summed E-state index contributed by atoms with van der Waals surface area (Å²) in [6.45, 7) is 0. The summed E-state index contributed by atoms with van der Waals surface area (Å²) in [5, 5.41) is 15.5. The highest BCUT2D eigenvalue weighted by Crippen LogP contribution is 2.42. The number of aromatic nitrogens is 3. The largest absolute Gasteiger partial charge is 0.309 e. The topological polar surface area (TPSA) is 14.8 Å². The zero-order valence-corrected chi connectivity index (χ0v) is 61.0. The second kappa shape index (κ2) is 28.6. The summed E-state index contributed by atoms with van der Waals surface area (Å²) in [5.41, 5.74) is 28.1. The maximum atomic E-state index is 2.40. The highest BCUT2D eigenvalue weighted by atomic mass is 15.0. The maximum absolute atomic E-state index is 2.40. The summed E-state index contributed by atoms with van der Waals surface area (Å²) in [6.07, 6.45) is 0. The third-order valence-corrected chi connectivity index (χ3v) is 22.2. The van der Waals surface area contributed by atoms with Gasteiger partial charge in [-0.15, -0.1) is 0 Å². The highest BCUT2D eigenvalue weighted by molar-refractivity contribution is 6.26. The lowest BCUT2D eigenvalue weighted by molar-refractivity contribution is 1.18. The lowest BCUT2D eigenvalue weighted by atomic mass is 9.92. The summed E-state index contributed by atoms with van der Waals surface area (Å²) >= 11 is 0. The van der Waals surface area contributed by atoms with Crippen molar-refractivity contribution in [3.8, 4) is 95.0 Å². The minimum absolute atomic E-state index is 1.16. The predicted octanol–water partition coefficient (Wildman–Crippen LogP) is 29.5. The number of fused-ring (bicyclic) bond motifs is 15. The van der Waals surface area contributed by atoms with Gasteiger partial charge in [-0.3, -0.25) is 0 Å². The molecule has 111 heavy (non-hydrogen) atoms. The summed E-state index contributed by atoms with van der Waals surface area (Å²) in [7, 11) is 0. The summed E-state index contributed by atoms with van der Waals surface area (Å²) < 4.78 is 7.13. The maximum Gasteiger partial charge on any atom is 0.0547 e. The van der Waals surface area contributed by atoms with Crippen LogP contribution in [-0.4, -0.2) is 13.7 Å². The van der Waals surface area contributed by atoms with E-state index in [1.165, 1.54) is 187 Å². The first-order valence-electron chi connectivity index (χ1n) is 38.2. The molecule has 3 heteroatoms. The number of hydrogen-bond acceptors (Lipinski definition) is 0. The van der Waals surface area contributed by atoms with Crippen molar-refractivity contribution in [2.75, 3.05) is 0 Å². The fourth-order valence-corrected chi connectivity index (χ4v) is 16.9. The Hall–Kier alpha value is -14.6. The molecule has 3 aromatic heterocycles. The van der Waals surface area contributed by atoms with Crippen molar-refractivity contribution in [1.29, 1.82) is 0 Å². The van der Waals surface area contributed by atoms with Crippen LogP contribution in [0.2, 0.25) is 0 Å². The van der Waals surface area contributed by atoms with E-state index in [-0.39, 0.29) is 0 Å². The van der Waals surface area contributed by atoms with Gasteiger partial charge in [0.1, 0.15) is 0 Å². The fourth-order valence-electron chi connectivity index (χ4n) is 16.9. The second-order valence-electron chi connectivity index (χ2n) is 28.7. The number of rotatable bonds is 10. The van der Waals surface area contributed by atoms with Crippen LogP contribution in [0.5, 0.6) is 0 Å². The summed E-state index contributed by atoms with van der Waals surface area (Å²) in [5.74, 6) is 0. The normalized spacial score (nSPS) is 11.4. The molecule has 0 aliphatic carbocycles. The first kappa shape index (κ1) is 65.8. The van der Waals surface area contributed by atoms with Crippen LogP contribution >= 0.6 is 0 Å². The van der Waals surface area contributed by atoms with Crippen LogP contribution in [0, 0.1) is 0 Å². The van der Waals surface area contributed by atoms with Crippen LogP contribution < -0.4 is 0 Å². The number of nitrogens with zero attached hydrogens (tertiary/aromatic N) is 3. The highest BCUT2D eigenvalue weighted by Gasteiger charge is 2.18. The van der Waals surface area contributed by atoms with Crippen molar-refractivity contribution in [3.63, 3.8) is 0 Å². The predicted molar refractivity (Wildman–Crippen MR) is 473 cm³/mol. The van der Waals surface area contributed by atoms with Gasteiger partial charge in [0.25, 0.3) is 0 Å². The molecule has 19 aromatic carbocycles. The Bertz CT molecular complexity index is 7070. The first-order valence-corrected chi connectivity index (χ1v) is 38.2. The first-order chi connectivity index (χ1) is 55.1. The standard InChI is InChI=1S/C42H29N.C36H23N.C30H21N/c1-3-11-30(12-4-1)33-15-9-17-35(27-33)32-21-24-38(25-22-32)43-41-20-8-7-19-39(41)40-26-23-37(29-42(40)43)36-18-10-16-34(28-36)31-13-5-2-6-14-31;1-2-11-29-27(9-1)28-10-3-4-12-30(28)34-23-25(19-22-31(29)34)24-17-20-26(21-18-24)37-35-15-7-5-13-32(35)33-14-6-8-16-36(33)37;1-2-9-22(10-3-1)24-11-8-12-25(21-24)23-17-19-26(20-18-23)31-29-15-6-4-13-27(29)28-14-5-7-16-30(28)31/h1-29H;1-23H;1-21H. The molecule has 3 nitrogen and oxygen atoms in total. The average Bonchev–Trinajstić information content (AvgIpc) is 1.73. The SMILES string of the molecule is c1ccc(-c2cccc(-c3ccc(-n4c5ccccc5c5ccc(-c6cccc(-c7ccccc7)c6)cc54)cc3)c2)cc1.c1ccc(-c2cccc(-c3ccc(-n4c5ccccc5c5ccccc54)cc3)c2)cc1.c1ccc2c(c1)c1ccccc1c1cc(-c3ccc(-n4c5ccccc5c5ccccc54)cc3)ccc21. The minimum Gasteiger partial charge on any atom is -0.309 e. The Morgan fingerprint density at radius 1 is 0.0991 bits per heavy atom. The molecule has 0 amide bonds. The van der Waals surface area contributed by atoms with Gasteiger partial charge in [-0.1, -0.05) is 346 Å². The fraction of sp³-hybridized carbons (Fsp3) is 0. The quantitative estimate of drug-likeness (QED) is 0.121. The zero-order chi connectivity index (χ0) is 73.6. The van der Waals surface area contributed by atoms with Gasteiger partial charge in [0.15, 0.2) is 0 Å². The molecular formula is C108H73N3. The van der Waals surface area contributed by atoms with Crippen molar-refractivity contribution in [2.24, 2.45) is 0 Å².